The summed E-state index contributed by atoms with van der Waals surface area (Å²) in [6.45, 7) is 4.19. The average Bonchev–Trinajstić information content (AvgIpc) is 2.92. The predicted molar refractivity (Wildman–Crippen MR) is 142 cm³/mol. The number of allylic oxidation sites excluding steroid dienone is 1. The monoisotopic (exact) mass is 502 g/mol. The molecule has 2 atom stereocenters. The molecule has 1 fully saturated rings. The van der Waals surface area contributed by atoms with Gasteiger partial charge in [-0.05, 0) is 36.8 Å². The van der Waals surface area contributed by atoms with Gasteiger partial charge < -0.3 is 20.1 Å². The molecule has 4 heterocycles. The van der Waals surface area contributed by atoms with Gasteiger partial charge in [-0.15, -0.1) is 0 Å². The molecule has 3 aromatic rings. The van der Waals surface area contributed by atoms with Crippen molar-refractivity contribution in [3.05, 3.63) is 66.9 Å². The number of ether oxygens (including phenoxy) is 1. The Morgan fingerprint density at radius 1 is 1.19 bits per heavy atom. The number of halogens is 1. The topological polar surface area (TPSA) is 120 Å². The number of anilines is 3. The van der Waals surface area contributed by atoms with E-state index in [0.29, 0.717) is 32.0 Å². The Labute approximate surface area is 213 Å². The van der Waals surface area contributed by atoms with Crippen LogP contribution in [0.4, 0.5) is 21.8 Å². The first kappa shape index (κ1) is 24.3. The minimum absolute atomic E-state index is 0.0785. The lowest BCUT2D eigenvalue weighted by molar-refractivity contribution is 0.122. The van der Waals surface area contributed by atoms with Crippen molar-refractivity contribution in [3.63, 3.8) is 0 Å². The van der Waals surface area contributed by atoms with E-state index in [1.54, 1.807) is 30.7 Å². The van der Waals surface area contributed by atoms with Crippen LogP contribution in [0, 0.1) is 5.82 Å². The second-order valence-corrected chi connectivity index (χ2v) is 8.67. The highest BCUT2D eigenvalue weighted by atomic mass is 19.1. The van der Waals surface area contributed by atoms with Gasteiger partial charge in [0.05, 0.1) is 43.4 Å². The van der Waals surface area contributed by atoms with E-state index in [2.05, 4.69) is 35.8 Å². The zero-order valence-corrected chi connectivity index (χ0v) is 20.3. The quantitative estimate of drug-likeness (QED) is 0.332. The number of hydrogen-bond donors (Lipinski definition) is 3. The first-order chi connectivity index (χ1) is 18.0. The molecule has 0 spiro atoms. The predicted octanol–water partition coefficient (Wildman–Crippen LogP) is 3.50. The summed E-state index contributed by atoms with van der Waals surface area (Å²) in [6, 6.07) is 8.98. The standard InChI is InChI=1S/C26H27FN8O2/c1-17-24(32-21-11-19(12-22(36)13-21)18-3-2-6-28-14-18)5-4-20(31-17)15-30-34-26-29-16-23(27)25(33-26)35-7-9-37-10-8-35/h2-6,11-17,24,32,36H,7-10H2,1H3,(H,29,33,34)/b30-15+. The molecule has 37 heavy (non-hydrogen) atoms. The number of dihydropyridines is 1. The van der Waals surface area contributed by atoms with Gasteiger partial charge in [0, 0.05) is 42.8 Å². The number of benzene rings is 1. The van der Waals surface area contributed by atoms with E-state index < -0.39 is 5.82 Å². The van der Waals surface area contributed by atoms with Gasteiger partial charge >= 0.3 is 0 Å². The number of phenols is 1. The largest absolute Gasteiger partial charge is 0.508 e. The van der Waals surface area contributed by atoms with E-state index in [-0.39, 0.29) is 29.6 Å². The highest BCUT2D eigenvalue weighted by Gasteiger charge is 2.19. The maximum Gasteiger partial charge on any atom is 0.245 e. The number of hydrazone groups is 1. The molecule has 1 aromatic carbocycles. The van der Waals surface area contributed by atoms with Crippen LogP contribution in [0.3, 0.4) is 0 Å². The van der Waals surface area contributed by atoms with Gasteiger partial charge in [0.25, 0.3) is 0 Å². The molecule has 10 nitrogen and oxygen atoms in total. The van der Waals surface area contributed by atoms with Gasteiger partial charge in [0.2, 0.25) is 5.95 Å². The normalized spacial score (nSPS) is 19.6. The molecule has 2 aliphatic heterocycles. The van der Waals surface area contributed by atoms with Gasteiger partial charge in [-0.3, -0.25) is 9.98 Å². The maximum absolute atomic E-state index is 14.2. The van der Waals surface area contributed by atoms with E-state index in [1.807, 2.05) is 42.2 Å². The van der Waals surface area contributed by atoms with Crippen molar-refractivity contribution in [1.82, 2.24) is 15.0 Å². The highest BCUT2D eigenvalue weighted by Crippen LogP contribution is 2.28. The summed E-state index contributed by atoms with van der Waals surface area (Å²) < 4.78 is 19.5. The van der Waals surface area contributed by atoms with Crippen LogP contribution in [-0.2, 0) is 4.74 Å². The third kappa shape index (κ3) is 6.07. The fourth-order valence-electron chi connectivity index (χ4n) is 4.12. The van der Waals surface area contributed by atoms with E-state index >= 15 is 0 Å². The van der Waals surface area contributed by atoms with Gasteiger partial charge in [-0.2, -0.15) is 10.1 Å². The lowest BCUT2D eigenvalue weighted by Crippen LogP contribution is -2.37. The Hall–Kier alpha value is -4.38. The third-order valence-electron chi connectivity index (χ3n) is 5.99. The number of hydrogen-bond acceptors (Lipinski definition) is 10. The first-order valence-electron chi connectivity index (χ1n) is 12.0. The van der Waals surface area contributed by atoms with Crippen LogP contribution in [0.1, 0.15) is 6.92 Å². The lowest BCUT2D eigenvalue weighted by Gasteiger charge is -2.27. The molecule has 0 amide bonds. The number of pyridine rings is 1. The summed E-state index contributed by atoms with van der Waals surface area (Å²) in [4.78, 5) is 18.9. The van der Waals surface area contributed by atoms with Crippen LogP contribution >= 0.6 is 0 Å². The molecule has 0 saturated carbocycles. The van der Waals surface area contributed by atoms with Gasteiger partial charge in [-0.25, -0.2) is 14.8 Å². The number of aliphatic imine (C=N–C) groups is 1. The van der Waals surface area contributed by atoms with Crippen LogP contribution in [0.5, 0.6) is 5.75 Å². The minimum Gasteiger partial charge on any atom is -0.508 e. The van der Waals surface area contributed by atoms with Gasteiger partial charge in [0.1, 0.15) is 5.75 Å². The second-order valence-electron chi connectivity index (χ2n) is 8.67. The molecule has 0 radical (unpaired) electrons. The van der Waals surface area contributed by atoms with Gasteiger partial charge in [-0.1, -0.05) is 12.1 Å². The van der Waals surface area contributed by atoms with E-state index in [4.69, 9.17) is 4.74 Å². The molecule has 11 heteroatoms. The molecular formula is C26H27FN8O2. The summed E-state index contributed by atoms with van der Waals surface area (Å²) in [6.07, 6.45) is 10.0. The zero-order valence-electron chi connectivity index (χ0n) is 20.3. The molecule has 190 valence electrons. The van der Waals surface area contributed by atoms with Gasteiger partial charge in [0.15, 0.2) is 11.6 Å². The smallest absolute Gasteiger partial charge is 0.245 e. The summed E-state index contributed by atoms with van der Waals surface area (Å²) >= 11 is 0. The molecule has 2 unspecified atom stereocenters. The van der Waals surface area contributed by atoms with Crippen LogP contribution < -0.4 is 15.6 Å². The van der Waals surface area contributed by atoms with Crippen molar-refractivity contribution in [3.8, 4) is 16.9 Å². The second kappa shape index (κ2) is 11.1. The lowest BCUT2D eigenvalue weighted by atomic mass is 10.0. The van der Waals surface area contributed by atoms with Crippen molar-refractivity contribution < 1.29 is 14.2 Å². The highest BCUT2D eigenvalue weighted by molar-refractivity contribution is 6.36. The number of aromatic hydroxyl groups is 1. The Morgan fingerprint density at radius 2 is 2.05 bits per heavy atom. The molecule has 2 aromatic heterocycles. The van der Waals surface area contributed by atoms with E-state index in [9.17, 15) is 9.50 Å². The molecule has 5 rings (SSSR count). The summed E-state index contributed by atoms with van der Waals surface area (Å²) in [7, 11) is 0. The number of rotatable bonds is 7. The molecule has 1 saturated heterocycles. The molecule has 0 aliphatic carbocycles. The molecule has 3 N–H and O–H groups in total. The van der Waals surface area contributed by atoms with Crippen molar-refractivity contribution in [1.29, 1.82) is 0 Å². The fraction of sp³-hybridized carbons (Fsp3) is 0.269. The molecule has 2 aliphatic rings. The summed E-state index contributed by atoms with van der Waals surface area (Å²) in [5.74, 6) is 0.105. The summed E-state index contributed by atoms with van der Waals surface area (Å²) in [5.41, 5.74) is 5.98. The van der Waals surface area contributed by atoms with Crippen LogP contribution in [0.25, 0.3) is 11.1 Å². The third-order valence-corrected chi connectivity index (χ3v) is 5.99. The van der Waals surface area contributed by atoms with Crippen molar-refractivity contribution in [2.45, 2.75) is 19.0 Å². The van der Waals surface area contributed by atoms with Crippen LogP contribution in [0.2, 0.25) is 0 Å². The van der Waals surface area contributed by atoms with E-state index in [1.165, 1.54) is 0 Å². The minimum atomic E-state index is -0.484. The van der Waals surface area contributed by atoms with Crippen LogP contribution in [-0.4, -0.2) is 70.4 Å². The Bertz CT molecular complexity index is 1330. The molecule has 0 bridgehead atoms. The van der Waals surface area contributed by atoms with Crippen molar-refractivity contribution in [2.24, 2.45) is 10.1 Å². The number of morpholine rings is 1. The Kier molecular flexibility index (Phi) is 7.31. The number of aromatic nitrogens is 3. The van der Waals surface area contributed by atoms with Crippen molar-refractivity contribution in [2.75, 3.05) is 41.9 Å². The fourth-order valence-corrected chi connectivity index (χ4v) is 4.12. The SMILES string of the molecule is CC1N=C(/C=N/Nc2ncc(F)c(N3CCOCC3)n2)C=CC1Nc1cc(O)cc(-c2cccnc2)c1. The average molecular weight is 503 g/mol. The summed E-state index contributed by atoms with van der Waals surface area (Å²) in [5, 5.41) is 17.8. The maximum atomic E-state index is 14.2. The number of nitrogens with one attached hydrogen (secondary N) is 2. The van der Waals surface area contributed by atoms with Crippen LogP contribution in [0.15, 0.2) is 71.2 Å². The number of nitrogens with zero attached hydrogens (tertiary/aromatic N) is 6. The number of phenolic OH excluding ortho intramolecular Hbond substituents is 1. The van der Waals surface area contributed by atoms with Crippen molar-refractivity contribution >= 4 is 29.4 Å². The Morgan fingerprint density at radius 3 is 2.84 bits per heavy atom. The van der Waals surface area contributed by atoms with E-state index in [0.717, 1.165) is 23.0 Å². The Balaban J connectivity index is 1.21. The first-order valence-corrected chi connectivity index (χ1v) is 12.0. The molecular weight excluding hydrogens is 475 g/mol. The zero-order chi connectivity index (χ0) is 25.6.